The number of benzene rings is 1. The van der Waals surface area contributed by atoms with Crippen molar-refractivity contribution in [1.82, 2.24) is 15.3 Å². The zero-order chi connectivity index (χ0) is 17.9. The molecular weight excluding hydrogens is 348 g/mol. The second-order valence-electron chi connectivity index (χ2n) is 5.97. The summed E-state index contributed by atoms with van der Waals surface area (Å²) in [5.74, 6) is -0.576. The molecule has 3 aromatic rings. The first-order valence-electron chi connectivity index (χ1n) is 8.26. The number of thiophene rings is 1. The standard InChI is InChI=1S/C19H16N4O2S/c24-18(16-11-20-8-9-21-16)23-15-7-10-26-17(15)19(25)22-14-6-5-12-3-1-2-4-13(12)14/h1-4,7-11,14H,5-6H2,(H,22,25)(H,23,24)/t14-/m0/s1. The first kappa shape index (κ1) is 16.4. The molecule has 26 heavy (non-hydrogen) atoms. The Labute approximate surface area is 154 Å². The van der Waals surface area contributed by atoms with Crippen LogP contribution in [0.1, 0.15) is 43.7 Å². The van der Waals surface area contributed by atoms with Crippen LogP contribution in [0.5, 0.6) is 0 Å². The monoisotopic (exact) mass is 364 g/mol. The van der Waals surface area contributed by atoms with Crippen LogP contribution in [0.4, 0.5) is 5.69 Å². The minimum atomic E-state index is -0.392. The van der Waals surface area contributed by atoms with Gasteiger partial charge in [-0.3, -0.25) is 14.6 Å². The highest BCUT2D eigenvalue weighted by Gasteiger charge is 2.25. The molecule has 0 saturated heterocycles. The second kappa shape index (κ2) is 7.05. The van der Waals surface area contributed by atoms with Crippen LogP contribution in [0, 0.1) is 0 Å². The normalized spacial score (nSPS) is 15.3. The Morgan fingerprint density at radius 2 is 2.00 bits per heavy atom. The highest BCUT2D eigenvalue weighted by Crippen LogP contribution is 2.32. The summed E-state index contributed by atoms with van der Waals surface area (Å²) < 4.78 is 0. The summed E-state index contributed by atoms with van der Waals surface area (Å²) in [6, 6.07) is 9.88. The highest BCUT2D eigenvalue weighted by atomic mass is 32.1. The van der Waals surface area contributed by atoms with Crippen LogP contribution in [0.3, 0.4) is 0 Å². The predicted molar refractivity (Wildman–Crippen MR) is 99.3 cm³/mol. The molecular formula is C19H16N4O2S. The van der Waals surface area contributed by atoms with E-state index >= 15 is 0 Å². The SMILES string of the molecule is O=C(Nc1ccsc1C(=O)N[C@H]1CCc2ccccc21)c1cnccn1. The summed E-state index contributed by atoms with van der Waals surface area (Å²) in [6.07, 6.45) is 6.18. The van der Waals surface area contributed by atoms with Gasteiger partial charge in [0.1, 0.15) is 10.6 Å². The van der Waals surface area contributed by atoms with Gasteiger partial charge in [-0.05, 0) is 35.4 Å². The van der Waals surface area contributed by atoms with Gasteiger partial charge in [0, 0.05) is 12.4 Å². The zero-order valence-electron chi connectivity index (χ0n) is 13.8. The largest absolute Gasteiger partial charge is 0.344 e. The lowest BCUT2D eigenvalue weighted by molar-refractivity contribution is 0.0941. The maximum Gasteiger partial charge on any atom is 0.275 e. The van der Waals surface area contributed by atoms with Crippen LogP contribution in [-0.4, -0.2) is 21.8 Å². The van der Waals surface area contributed by atoms with Gasteiger partial charge in [-0.25, -0.2) is 4.98 Å². The molecule has 2 amide bonds. The minimum Gasteiger partial charge on any atom is -0.344 e. The predicted octanol–water partition coefficient (Wildman–Crippen LogP) is 3.21. The molecule has 1 aliphatic carbocycles. The van der Waals surface area contributed by atoms with E-state index in [4.69, 9.17) is 0 Å². The maximum atomic E-state index is 12.7. The van der Waals surface area contributed by atoms with Gasteiger partial charge in [-0.1, -0.05) is 24.3 Å². The number of aryl methyl sites for hydroxylation is 1. The number of nitrogens with zero attached hydrogens (tertiary/aromatic N) is 2. The highest BCUT2D eigenvalue weighted by molar-refractivity contribution is 7.12. The molecule has 0 fully saturated rings. The number of carbonyl (C=O) groups excluding carboxylic acids is 2. The van der Waals surface area contributed by atoms with Crippen molar-refractivity contribution in [3.05, 3.63) is 76.0 Å². The van der Waals surface area contributed by atoms with Crippen molar-refractivity contribution in [3.8, 4) is 0 Å². The fourth-order valence-electron chi connectivity index (χ4n) is 3.12. The van der Waals surface area contributed by atoms with E-state index < -0.39 is 5.91 Å². The molecule has 0 saturated carbocycles. The first-order valence-corrected chi connectivity index (χ1v) is 9.14. The molecule has 1 aromatic carbocycles. The fourth-order valence-corrected chi connectivity index (χ4v) is 3.87. The van der Waals surface area contributed by atoms with Crippen molar-refractivity contribution in [3.63, 3.8) is 0 Å². The molecule has 0 spiro atoms. The van der Waals surface area contributed by atoms with Crippen LogP contribution >= 0.6 is 11.3 Å². The number of aromatic nitrogens is 2. The van der Waals surface area contributed by atoms with E-state index in [2.05, 4.69) is 32.7 Å². The second-order valence-corrected chi connectivity index (χ2v) is 6.89. The molecule has 4 rings (SSSR count). The molecule has 130 valence electrons. The lowest BCUT2D eigenvalue weighted by Crippen LogP contribution is -2.27. The van der Waals surface area contributed by atoms with E-state index in [-0.39, 0.29) is 17.6 Å². The Balaban J connectivity index is 1.48. The van der Waals surface area contributed by atoms with Crippen molar-refractivity contribution in [2.24, 2.45) is 0 Å². The Kier molecular flexibility index (Phi) is 4.45. The molecule has 7 heteroatoms. The number of anilines is 1. The van der Waals surface area contributed by atoms with Gasteiger partial charge >= 0.3 is 0 Å². The van der Waals surface area contributed by atoms with Crippen LogP contribution in [0.2, 0.25) is 0 Å². The van der Waals surface area contributed by atoms with Crippen LogP contribution in [0.15, 0.2) is 54.3 Å². The number of rotatable bonds is 4. The van der Waals surface area contributed by atoms with Gasteiger partial charge in [0.25, 0.3) is 11.8 Å². The molecule has 0 bridgehead atoms. The van der Waals surface area contributed by atoms with E-state index in [1.54, 1.807) is 11.4 Å². The third kappa shape index (κ3) is 3.21. The number of hydrogen-bond acceptors (Lipinski definition) is 5. The molecule has 2 aromatic heterocycles. The van der Waals surface area contributed by atoms with Gasteiger partial charge in [0.2, 0.25) is 0 Å². The number of hydrogen-bond donors (Lipinski definition) is 2. The summed E-state index contributed by atoms with van der Waals surface area (Å²) >= 11 is 1.30. The summed E-state index contributed by atoms with van der Waals surface area (Å²) in [5.41, 5.74) is 3.13. The average molecular weight is 364 g/mol. The van der Waals surface area contributed by atoms with E-state index in [0.717, 1.165) is 12.8 Å². The van der Waals surface area contributed by atoms with Crippen LogP contribution in [-0.2, 0) is 6.42 Å². The Morgan fingerprint density at radius 3 is 2.85 bits per heavy atom. The number of carbonyl (C=O) groups is 2. The Hall–Kier alpha value is -3.06. The molecule has 1 aliphatic rings. The van der Waals surface area contributed by atoms with Gasteiger partial charge in [0.05, 0.1) is 17.9 Å². The van der Waals surface area contributed by atoms with Gasteiger partial charge in [-0.15, -0.1) is 11.3 Å². The van der Waals surface area contributed by atoms with Crippen LogP contribution < -0.4 is 10.6 Å². The summed E-state index contributed by atoms with van der Waals surface area (Å²) in [7, 11) is 0. The van der Waals surface area contributed by atoms with E-state index in [9.17, 15) is 9.59 Å². The first-order chi connectivity index (χ1) is 12.7. The van der Waals surface area contributed by atoms with Gasteiger partial charge < -0.3 is 10.6 Å². The third-order valence-electron chi connectivity index (χ3n) is 4.35. The molecule has 0 unspecified atom stereocenters. The van der Waals surface area contributed by atoms with E-state index in [1.807, 2.05) is 12.1 Å². The summed E-state index contributed by atoms with van der Waals surface area (Å²) in [6.45, 7) is 0. The molecule has 6 nitrogen and oxygen atoms in total. The van der Waals surface area contributed by atoms with Gasteiger partial charge in [0.15, 0.2) is 0 Å². The molecule has 0 radical (unpaired) electrons. The zero-order valence-corrected chi connectivity index (χ0v) is 14.6. The van der Waals surface area contributed by atoms with Crippen molar-refractivity contribution in [2.45, 2.75) is 18.9 Å². The van der Waals surface area contributed by atoms with Crippen molar-refractivity contribution >= 4 is 28.8 Å². The number of amides is 2. The van der Waals surface area contributed by atoms with Crippen molar-refractivity contribution < 1.29 is 9.59 Å². The minimum absolute atomic E-state index is 0.00402. The van der Waals surface area contributed by atoms with Crippen LogP contribution in [0.25, 0.3) is 0 Å². The maximum absolute atomic E-state index is 12.7. The molecule has 0 aliphatic heterocycles. The topological polar surface area (TPSA) is 84.0 Å². The fraction of sp³-hybridized carbons (Fsp3) is 0.158. The van der Waals surface area contributed by atoms with E-state index in [0.29, 0.717) is 10.6 Å². The lowest BCUT2D eigenvalue weighted by Gasteiger charge is -2.14. The quantitative estimate of drug-likeness (QED) is 0.745. The smallest absolute Gasteiger partial charge is 0.275 e. The van der Waals surface area contributed by atoms with Crippen molar-refractivity contribution in [2.75, 3.05) is 5.32 Å². The Bertz CT molecular complexity index is 955. The number of nitrogens with one attached hydrogen (secondary N) is 2. The number of fused-ring (bicyclic) bond motifs is 1. The summed E-state index contributed by atoms with van der Waals surface area (Å²) in [4.78, 5) is 33.3. The molecule has 2 heterocycles. The van der Waals surface area contributed by atoms with E-state index in [1.165, 1.54) is 41.1 Å². The third-order valence-corrected chi connectivity index (χ3v) is 5.27. The average Bonchev–Trinajstić information content (AvgIpc) is 3.30. The molecule has 2 N–H and O–H groups in total. The van der Waals surface area contributed by atoms with Crippen molar-refractivity contribution in [1.29, 1.82) is 0 Å². The lowest BCUT2D eigenvalue weighted by atomic mass is 10.1. The molecule has 1 atom stereocenters. The summed E-state index contributed by atoms with van der Waals surface area (Å²) in [5, 5.41) is 7.60. The Morgan fingerprint density at radius 1 is 1.12 bits per heavy atom. The van der Waals surface area contributed by atoms with Gasteiger partial charge in [-0.2, -0.15) is 0 Å².